The lowest BCUT2D eigenvalue weighted by Crippen LogP contribution is -2.15. The van der Waals surface area contributed by atoms with Gasteiger partial charge in [0, 0.05) is 37.1 Å². The molecule has 0 unspecified atom stereocenters. The first kappa shape index (κ1) is 16.1. The molecule has 1 aromatic carbocycles. The van der Waals surface area contributed by atoms with Gasteiger partial charge in [-0.05, 0) is 24.3 Å². The van der Waals surface area contributed by atoms with Crippen molar-refractivity contribution in [1.29, 1.82) is 0 Å². The minimum Gasteiger partial charge on any atom is -0.367 e. The Kier molecular flexibility index (Phi) is 4.40. The minimum atomic E-state index is 0.563. The topological polar surface area (TPSA) is 54.2 Å². The first-order valence-electron chi connectivity index (χ1n) is 9.09. The van der Waals surface area contributed by atoms with Crippen LogP contribution >= 0.6 is 0 Å². The molecule has 130 valence electrons. The smallest absolute Gasteiger partial charge is 0.180 e. The van der Waals surface area contributed by atoms with Crippen LogP contribution in [0.3, 0.4) is 0 Å². The fraction of sp³-hybridized carbons (Fsp3) is 0.400. The molecule has 1 saturated carbocycles. The predicted molar refractivity (Wildman–Crippen MR) is 102 cm³/mol. The van der Waals surface area contributed by atoms with Crippen LogP contribution in [-0.4, -0.2) is 27.0 Å². The maximum Gasteiger partial charge on any atom is 0.180 e. The summed E-state index contributed by atoms with van der Waals surface area (Å²) < 4.78 is 2.10. The van der Waals surface area contributed by atoms with E-state index in [1.54, 1.807) is 0 Å². The second-order valence-corrected chi connectivity index (χ2v) is 7.24. The molecule has 1 aliphatic rings. The van der Waals surface area contributed by atoms with Crippen LogP contribution in [0.5, 0.6) is 0 Å². The molecule has 0 atom stereocenters. The lowest BCUT2D eigenvalue weighted by molar-refractivity contribution is 0.687. The molecular weight excluding hydrogens is 310 g/mol. The highest BCUT2D eigenvalue weighted by atomic mass is 15.1. The number of hydrogen-bond donors (Lipinski definition) is 2. The van der Waals surface area contributed by atoms with E-state index < -0.39 is 0 Å². The standard InChI is InChI=1S/C20H25N5/c1-14(2)11-23-19-20-24-13-18(25(20)10-9-21-19)16-5-3-15(4-6-16)12-22-17-7-8-17/h3-6,9-10,13-14,17,22H,7-8,11-12H2,1-2H3,(H,21,23). The molecule has 0 saturated heterocycles. The normalized spacial score (nSPS) is 14.4. The number of fused-ring (bicyclic) bond motifs is 1. The van der Waals surface area contributed by atoms with Gasteiger partial charge in [0.1, 0.15) is 0 Å². The van der Waals surface area contributed by atoms with Gasteiger partial charge in [0.25, 0.3) is 0 Å². The molecule has 1 aliphatic carbocycles. The van der Waals surface area contributed by atoms with Gasteiger partial charge < -0.3 is 10.6 Å². The number of nitrogens with zero attached hydrogens (tertiary/aromatic N) is 3. The second-order valence-electron chi connectivity index (χ2n) is 7.24. The Morgan fingerprint density at radius 2 is 1.96 bits per heavy atom. The van der Waals surface area contributed by atoms with Crippen LogP contribution in [0.15, 0.2) is 42.9 Å². The van der Waals surface area contributed by atoms with Crippen LogP contribution in [0.4, 0.5) is 5.82 Å². The van der Waals surface area contributed by atoms with E-state index in [0.29, 0.717) is 5.92 Å². The summed E-state index contributed by atoms with van der Waals surface area (Å²) >= 11 is 0. The number of imidazole rings is 1. The molecule has 5 heteroatoms. The molecule has 25 heavy (non-hydrogen) atoms. The van der Waals surface area contributed by atoms with Gasteiger partial charge in [-0.15, -0.1) is 0 Å². The maximum atomic E-state index is 4.59. The van der Waals surface area contributed by atoms with Crippen LogP contribution in [0, 0.1) is 5.92 Å². The lowest BCUT2D eigenvalue weighted by atomic mass is 10.1. The highest BCUT2D eigenvalue weighted by Crippen LogP contribution is 2.24. The molecule has 2 heterocycles. The SMILES string of the molecule is CC(C)CNc1nccn2c(-c3ccc(CNC4CC4)cc3)cnc12. The average Bonchev–Trinajstić information content (AvgIpc) is 3.35. The van der Waals surface area contributed by atoms with Gasteiger partial charge in [-0.3, -0.25) is 4.40 Å². The Labute approximate surface area is 148 Å². The third-order valence-corrected chi connectivity index (χ3v) is 4.53. The fourth-order valence-corrected chi connectivity index (χ4v) is 2.90. The molecule has 5 nitrogen and oxygen atoms in total. The van der Waals surface area contributed by atoms with Crippen molar-refractivity contribution >= 4 is 11.5 Å². The first-order valence-corrected chi connectivity index (χ1v) is 9.09. The number of benzene rings is 1. The highest BCUT2D eigenvalue weighted by Gasteiger charge is 2.19. The molecule has 0 spiro atoms. The Morgan fingerprint density at radius 3 is 2.68 bits per heavy atom. The molecule has 0 radical (unpaired) electrons. The lowest BCUT2D eigenvalue weighted by Gasteiger charge is -2.09. The summed E-state index contributed by atoms with van der Waals surface area (Å²) in [7, 11) is 0. The van der Waals surface area contributed by atoms with Crippen molar-refractivity contribution in [2.75, 3.05) is 11.9 Å². The van der Waals surface area contributed by atoms with Gasteiger partial charge in [-0.25, -0.2) is 9.97 Å². The summed E-state index contributed by atoms with van der Waals surface area (Å²) in [5.74, 6) is 1.40. The van der Waals surface area contributed by atoms with Gasteiger partial charge in [0.2, 0.25) is 0 Å². The van der Waals surface area contributed by atoms with Gasteiger partial charge in [-0.2, -0.15) is 0 Å². The van der Waals surface area contributed by atoms with Crippen molar-refractivity contribution in [2.24, 2.45) is 5.92 Å². The summed E-state index contributed by atoms with van der Waals surface area (Å²) in [5, 5.41) is 6.94. The maximum absolute atomic E-state index is 4.59. The van der Waals surface area contributed by atoms with E-state index in [1.165, 1.54) is 24.0 Å². The van der Waals surface area contributed by atoms with E-state index >= 15 is 0 Å². The van der Waals surface area contributed by atoms with E-state index in [0.717, 1.165) is 36.3 Å². The molecule has 0 amide bonds. The molecule has 2 aromatic heterocycles. The minimum absolute atomic E-state index is 0.563. The van der Waals surface area contributed by atoms with Crippen molar-refractivity contribution in [3.8, 4) is 11.3 Å². The molecule has 0 aliphatic heterocycles. The van der Waals surface area contributed by atoms with Crippen LogP contribution < -0.4 is 10.6 Å². The van der Waals surface area contributed by atoms with Gasteiger partial charge >= 0.3 is 0 Å². The van der Waals surface area contributed by atoms with E-state index in [9.17, 15) is 0 Å². The quantitative estimate of drug-likeness (QED) is 0.691. The van der Waals surface area contributed by atoms with Crippen LogP contribution in [0.2, 0.25) is 0 Å². The zero-order valence-electron chi connectivity index (χ0n) is 14.9. The van der Waals surface area contributed by atoms with E-state index in [4.69, 9.17) is 0 Å². The number of anilines is 1. The summed E-state index contributed by atoms with van der Waals surface area (Å²) in [6.45, 7) is 6.20. The summed E-state index contributed by atoms with van der Waals surface area (Å²) in [4.78, 5) is 9.03. The van der Waals surface area contributed by atoms with Crippen LogP contribution in [-0.2, 0) is 6.54 Å². The van der Waals surface area contributed by atoms with E-state index in [2.05, 4.69) is 63.1 Å². The molecule has 1 fully saturated rings. The van der Waals surface area contributed by atoms with Crippen molar-refractivity contribution in [2.45, 2.75) is 39.3 Å². The Morgan fingerprint density at radius 1 is 1.16 bits per heavy atom. The number of hydrogen-bond acceptors (Lipinski definition) is 4. The monoisotopic (exact) mass is 335 g/mol. The highest BCUT2D eigenvalue weighted by molar-refractivity contribution is 5.70. The third-order valence-electron chi connectivity index (χ3n) is 4.53. The average molecular weight is 335 g/mol. The summed E-state index contributed by atoms with van der Waals surface area (Å²) in [6, 6.07) is 9.49. The summed E-state index contributed by atoms with van der Waals surface area (Å²) in [6.07, 6.45) is 8.37. The van der Waals surface area contributed by atoms with Crippen molar-refractivity contribution in [3.05, 3.63) is 48.4 Å². The second kappa shape index (κ2) is 6.84. The third kappa shape index (κ3) is 3.66. The van der Waals surface area contributed by atoms with Crippen molar-refractivity contribution in [3.63, 3.8) is 0 Å². The van der Waals surface area contributed by atoms with E-state index in [-0.39, 0.29) is 0 Å². The Bertz CT molecular complexity index is 846. The Balaban J connectivity index is 1.57. The predicted octanol–water partition coefficient (Wildman–Crippen LogP) is 3.72. The number of nitrogens with one attached hydrogen (secondary N) is 2. The van der Waals surface area contributed by atoms with Crippen LogP contribution in [0.25, 0.3) is 16.9 Å². The van der Waals surface area contributed by atoms with Crippen molar-refractivity contribution in [1.82, 2.24) is 19.7 Å². The van der Waals surface area contributed by atoms with Gasteiger partial charge in [0.05, 0.1) is 11.9 Å². The zero-order valence-corrected chi connectivity index (χ0v) is 14.9. The van der Waals surface area contributed by atoms with Crippen LogP contribution in [0.1, 0.15) is 32.3 Å². The van der Waals surface area contributed by atoms with Gasteiger partial charge in [0.15, 0.2) is 11.5 Å². The molecule has 4 rings (SSSR count). The van der Waals surface area contributed by atoms with E-state index in [1.807, 2.05) is 18.6 Å². The molecule has 2 N–H and O–H groups in total. The fourth-order valence-electron chi connectivity index (χ4n) is 2.90. The number of rotatable bonds is 7. The molecular formula is C20H25N5. The van der Waals surface area contributed by atoms with Crippen molar-refractivity contribution < 1.29 is 0 Å². The largest absolute Gasteiger partial charge is 0.367 e. The summed E-state index contributed by atoms with van der Waals surface area (Å²) in [5.41, 5.74) is 4.46. The first-order chi connectivity index (χ1) is 12.2. The molecule has 0 bridgehead atoms. The molecule has 3 aromatic rings. The number of aromatic nitrogens is 3. The Hall–Kier alpha value is -2.40. The van der Waals surface area contributed by atoms with Gasteiger partial charge in [-0.1, -0.05) is 38.1 Å². The zero-order chi connectivity index (χ0) is 17.2.